The van der Waals surface area contributed by atoms with Gasteiger partial charge in [0.05, 0.1) is 17.8 Å². The number of aliphatic hydroxyl groups is 1. The zero-order valence-corrected chi connectivity index (χ0v) is 20.3. The summed E-state index contributed by atoms with van der Waals surface area (Å²) in [6.45, 7) is 5.84. The maximum Gasteiger partial charge on any atom is 0.320 e. The molecule has 2 atom stereocenters. The summed E-state index contributed by atoms with van der Waals surface area (Å²) in [5, 5.41) is 24.2. The van der Waals surface area contributed by atoms with Crippen LogP contribution in [0.15, 0.2) is 48.5 Å². The van der Waals surface area contributed by atoms with Crippen molar-refractivity contribution in [3.63, 3.8) is 0 Å². The molecule has 2 unspecified atom stereocenters. The average molecular weight is 482 g/mol. The van der Waals surface area contributed by atoms with E-state index in [1.165, 1.54) is 11.7 Å². The standard InChI is InChI=1S/C25H28ClN5O3/c1-14-20(23(33)27-4)30-31(16-8-6-5-7-9-16)22(14)29-24(34)28-21-17-12-15(26)10-11-18(17)25(2,3)13-19(21)32/h5-12,19,21,32H,13H2,1-4H3,(H,27,33)(H2,28,29,34). The third-order valence-electron chi connectivity index (χ3n) is 6.27. The first-order chi connectivity index (χ1) is 16.1. The molecule has 0 aliphatic heterocycles. The number of amides is 3. The predicted molar refractivity (Wildman–Crippen MR) is 132 cm³/mol. The Hall–Kier alpha value is -3.36. The number of urea groups is 1. The number of nitrogens with one attached hydrogen (secondary N) is 3. The summed E-state index contributed by atoms with van der Waals surface area (Å²) < 4.78 is 1.52. The second-order valence-electron chi connectivity index (χ2n) is 9.11. The molecule has 4 N–H and O–H groups in total. The summed E-state index contributed by atoms with van der Waals surface area (Å²) in [5.41, 5.74) is 2.96. The van der Waals surface area contributed by atoms with Crippen LogP contribution < -0.4 is 16.0 Å². The maximum atomic E-state index is 13.2. The van der Waals surface area contributed by atoms with Crippen LogP contribution in [0.2, 0.25) is 5.02 Å². The van der Waals surface area contributed by atoms with Gasteiger partial charge in [0.25, 0.3) is 5.91 Å². The fraction of sp³-hybridized carbons (Fsp3) is 0.320. The lowest BCUT2D eigenvalue weighted by Crippen LogP contribution is -2.45. The summed E-state index contributed by atoms with van der Waals surface area (Å²) in [4.78, 5) is 25.5. The van der Waals surface area contributed by atoms with Crippen LogP contribution in [0.5, 0.6) is 0 Å². The number of fused-ring (bicyclic) bond motifs is 1. The number of halogens is 1. The van der Waals surface area contributed by atoms with Crippen LogP contribution in [0.3, 0.4) is 0 Å². The number of para-hydroxylation sites is 1. The molecule has 0 bridgehead atoms. The van der Waals surface area contributed by atoms with Gasteiger partial charge in [-0.25, -0.2) is 9.48 Å². The fourth-order valence-electron chi connectivity index (χ4n) is 4.56. The molecular weight excluding hydrogens is 454 g/mol. The maximum absolute atomic E-state index is 13.2. The average Bonchev–Trinajstić information content (AvgIpc) is 3.12. The van der Waals surface area contributed by atoms with Gasteiger partial charge in [-0.3, -0.25) is 10.1 Å². The minimum Gasteiger partial charge on any atom is -0.391 e. The number of carbonyl (C=O) groups excluding carboxylic acids is 2. The van der Waals surface area contributed by atoms with Gasteiger partial charge in [-0.2, -0.15) is 5.10 Å². The Kier molecular flexibility index (Phi) is 6.38. The summed E-state index contributed by atoms with van der Waals surface area (Å²) in [6, 6.07) is 13.6. The normalized spacial score (nSPS) is 18.6. The van der Waals surface area contributed by atoms with Crippen molar-refractivity contribution >= 4 is 29.4 Å². The molecule has 0 saturated carbocycles. The van der Waals surface area contributed by atoms with E-state index in [-0.39, 0.29) is 17.0 Å². The van der Waals surface area contributed by atoms with Gasteiger partial charge in [-0.05, 0) is 54.2 Å². The van der Waals surface area contributed by atoms with Crippen molar-refractivity contribution in [2.45, 2.75) is 44.8 Å². The number of benzene rings is 2. The Morgan fingerprint density at radius 2 is 1.88 bits per heavy atom. The molecule has 3 amide bonds. The lowest BCUT2D eigenvalue weighted by Gasteiger charge is -2.40. The van der Waals surface area contributed by atoms with Gasteiger partial charge < -0.3 is 15.7 Å². The topological polar surface area (TPSA) is 108 Å². The van der Waals surface area contributed by atoms with E-state index in [0.29, 0.717) is 28.5 Å². The Morgan fingerprint density at radius 1 is 1.18 bits per heavy atom. The quantitative estimate of drug-likeness (QED) is 0.450. The van der Waals surface area contributed by atoms with E-state index in [9.17, 15) is 14.7 Å². The first-order valence-electron chi connectivity index (χ1n) is 11.0. The highest BCUT2D eigenvalue weighted by Gasteiger charge is 2.39. The zero-order chi connectivity index (χ0) is 24.6. The SMILES string of the molecule is CNC(=O)c1nn(-c2ccccc2)c(NC(=O)NC2c3cc(Cl)ccc3C(C)(C)CC2O)c1C. The van der Waals surface area contributed by atoms with Gasteiger partial charge in [0.2, 0.25) is 0 Å². The Morgan fingerprint density at radius 3 is 2.56 bits per heavy atom. The lowest BCUT2D eigenvalue weighted by atomic mass is 9.69. The molecule has 1 aliphatic carbocycles. The number of hydrogen-bond donors (Lipinski definition) is 4. The second kappa shape index (κ2) is 9.12. The first-order valence-corrected chi connectivity index (χ1v) is 11.4. The zero-order valence-electron chi connectivity index (χ0n) is 19.5. The van der Waals surface area contributed by atoms with Crippen LogP contribution in [0.25, 0.3) is 5.69 Å². The van der Waals surface area contributed by atoms with Crippen molar-refractivity contribution < 1.29 is 14.7 Å². The molecule has 0 fully saturated rings. The van der Waals surface area contributed by atoms with E-state index in [1.807, 2.05) is 42.5 Å². The van der Waals surface area contributed by atoms with Crippen molar-refractivity contribution in [1.29, 1.82) is 0 Å². The van der Waals surface area contributed by atoms with Crippen LogP contribution in [0.1, 0.15) is 53.5 Å². The Labute approximate surface area is 203 Å². The van der Waals surface area contributed by atoms with Crippen LogP contribution in [-0.4, -0.2) is 40.0 Å². The predicted octanol–water partition coefficient (Wildman–Crippen LogP) is 4.10. The molecule has 8 nitrogen and oxygen atoms in total. The molecule has 1 aromatic heterocycles. The van der Waals surface area contributed by atoms with Crippen molar-refractivity contribution in [3.8, 4) is 5.69 Å². The number of anilines is 1. The molecular formula is C25H28ClN5O3. The molecule has 4 rings (SSSR count). The van der Waals surface area contributed by atoms with Crippen molar-refractivity contribution in [3.05, 3.63) is 75.9 Å². The number of rotatable bonds is 4. The van der Waals surface area contributed by atoms with Crippen LogP contribution in [0, 0.1) is 6.92 Å². The summed E-state index contributed by atoms with van der Waals surface area (Å²) in [7, 11) is 1.53. The van der Waals surface area contributed by atoms with Crippen LogP contribution in [0.4, 0.5) is 10.6 Å². The second-order valence-corrected chi connectivity index (χ2v) is 9.55. The monoisotopic (exact) mass is 481 g/mol. The molecule has 1 aliphatic rings. The van der Waals surface area contributed by atoms with Gasteiger partial charge in [0.15, 0.2) is 5.69 Å². The molecule has 0 saturated heterocycles. The van der Waals surface area contributed by atoms with Crippen LogP contribution in [-0.2, 0) is 5.41 Å². The van der Waals surface area contributed by atoms with E-state index in [1.54, 1.807) is 13.0 Å². The summed E-state index contributed by atoms with van der Waals surface area (Å²) >= 11 is 6.25. The number of aromatic nitrogens is 2. The van der Waals surface area contributed by atoms with Gasteiger partial charge in [-0.1, -0.05) is 49.7 Å². The van der Waals surface area contributed by atoms with Crippen molar-refractivity contribution in [2.75, 3.05) is 12.4 Å². The summed E-state index contributed by atoms with van der Waals surface area (Å²) in [5.74, 6) is 0.00314. The van der Waals surface area contributed by atoms with Gasteiger partial charge in [0, 0.05) is 17.6 Å². The lowest BCUT2D eigenvalue weighted by molar-refractivity contribution is 0.0883. The molecule has 0 spiro atoms. The van der Waals surface area contributed by atoms with E-state index in [4.69, 9.17) is 11.6 Å². The molecule has 178 valence electrons. The molecule has 1 heterocycles. The smallest absolute Gasteiger partial charge is 0.320 e. The molecule has 2 aromatic carbocycles. The third-order valence-corrected chi connectivity index (χ3v) is 6.50. The highest BCUT2D eigenvalue weighted by molar-refractivity contribution is 6.30. The number of hydrogen-bond acceptors (Lipinski definition) is 4. The first kappa shape index (κ1) is 23.8. The van der Waals surface area contributed by atoms with E-state index >= 15 is 0 Å². The number of aliphatic hydroxyl groups excluding tert-OH is 1. The molecule has 9 heteroatoms. The molecule has 34 heavy (non-hydrogen) atoms. The Balaban J connectivity index is 1.67. The van der Waals surface area contributed by atoms with Crippen molar-refractivity contribution in [2.24, 2.45) is 0 Å². The highest BCUT2D eigenvalue weighted by Crippen LogP contribution is 2.42. The largest absolute Gasteiger partial charge is 0.391 e. The Bertz CT molecular complexity index is 1240. The van der Waals surface area contributed by atoms with Gasteiger partial charge in [-0.15, -0.1) is 0 Å². The van der Waals surface area contributed by atoms with E-state index < -0.39 is 18.2 Å². The van der Waals surface area contributed by atoms with E-state index in [0.717, 1.165) is 11.1 Å². The summed E-state index contributed by atoms with van der Waals surface area (Å²) in [6.07, 6.45) is -0.317. The fourth-order valence-corrected chi connectivity index (χ4v) is 4.74. The highest BCUT2D eigenvalue weighted by atomic mass is 35.5. The number of nitrogens with zero attached hydrogens (tertiary/aromatic N) is 2. The number of carbonyl (C=O) groups is 2. The van der Waals surface area contributed by atoms with Gasteiger partial charge >= 0.3 is 6.03 Å². The minimum atomic E-state index is -0.798. The third kappa shape index (κ3) is 4.38. The minimum absolute atomic E-state index is 0.207. The van der Waals surface area contributed by atoms with Crippen LogP contribution >= 0.6 is 11.6 Å². The van der Waals surface area contributed by atoms with Crippen molar-refractivity contribution in [1.82, 2.24) is 20.4 Å². The molecule has 0 radical (unpaired) electrons. The molecule has 3 aromatic rings. The van der Waals surface area contributed by atoms with Gasteiger partial charge in [0.1, 0.15) is 5.82 Å². The van der Waals surface area contributed by atoms with E-state index in [2.05, 4.69) is 34.9 Å².